The van der Waals surface area contributed by atoms with Crippen molar-refractivity contribution in [3.05, 3.63) is 0 Å². The van der Waals surface area contributed by atoms with Gasteiger partial charge in [0.2, 0.25) is 5.91 Å². The molecule has 11 heavy (non-hydrogen) atoms. The van der Waals surface area contributed by atoms with Gasteiger partial charge in [0.05, 0.1) is 12.6 Å². The van der Waals surface area contributed by atoms with E-state index in [0.717, 1.165) is 6.42 Å². The first-order valence-electron chi connectivity index (χ1n) is 3.69. The number of carbonyl (C=O) groups excluding carboxylic acids is 1. The highest BCUT2D eigenvalue weighted by atomic mass is 16.7. The highest BCUT2D eigenvalue weighted by Gasteiger charge is 2.20. The van der Waals surface area contributed by atoms with E-state index < -0.39 is 0 Å². The van der Waals surface area contributed by atoms with Crippen molar-refractivity contribution in [3.63, 3.8) is 0 Å². The van der Waals surface area contributed by atoms with Crippen LogP contribution >= 0.6 is 0 Å². The van der Waals surface area contributed by atoms with Gasteiger partial charge < -0.3 is 14.8 Å². The Kier molecular flexibility index (Phi) is 3.32. The van der Waals surface area contributed by atoms with E-state index in [1.54, 1.807) is 7.11 Å². The van der Waals surface area contributed by atoms with Crippen molar-refractivity contribution in [3.8, 4) is 0 Å². The van der Waals surface area contributed by atoms with Crippen molar-refractivity contribution in [2.24, 2.45) is 0 Å². The highest BCUT2D eigenvalue weighted by Crippen LogP contribution is 2.06. The van der Waals surface area contributed by atoms with Crippen molar-refractivity contribution in [1.82, 2.24) is 5.32 Å². The molecule has 1 heterocycles. The summed E-state index contributed by atoms with van der Waals surface area (Å²) in [5.74, 6) is 0.121. The minimum Gasteiger partial charge on any atom is -0.359 e. The second kappa shape index (κ2) is 4.31. The third kappa shape index (κ3) is 2.86. The summed E-state index contributed by atoms with van der Waals surface area (Å²) in [7, 11) is 1.58. The van der Waals surface area contributed by atoms with E-state index >= 15 is 0 Å². The summed E-state index contributed by atoms with van der Waals surface area (Å²) < 4.78 is 9.77. The van der Waals surface area contributed by atoms with Crippen LogP contribution in [0.4, 0.5) is 0 Å². The van der Waals surface area contributed by atoms with Gasteiger partial charge in [-0.2, -0.15) is 0 Å². The molecule has 1 aliphatic heterocycles. The lowest BCUT2D eigenvalue weighted by atomic mass is 10.2. The summed E-state index contributed by atoms with van der Waals surface area (Å²) in [4.78, 5) is 10.7. The Hall–Kier alpha value is -0.610. The van der Waals surface area contributed by atoms with Crippen LogP contribution in [-0.2, 0) is 14.3 Å². The first-order valence-corrected chi connectivity index (χ1v) is 3.69. The van der Waals surface area contributed by atoms with Crippen molar-refractivity contribution in [2.45, 2.75) is 18.9 Å². The van der Waals surface area contributed by atoms with E-state index in [4.69, 9.17) is 9.47 Å². The minimum atomic E-state index is 0.121. The van der Waals surface area contributed by atoms with E-state index in [2.05, 4.69) is 5.32 Å². The zero-order valence-electron chi connectivity index (χ0n) is 6.63. The lowest BCUT2D eigenvalue weighted by Gasteiger charge is -2.08. The fourth-order valence-corrected chi connectivity index (χ4v) is 1.08. The predicted octanol–water partition coefficient (Wildman–Crippen LogP) is -0.114. The molecule has 1 saturated heterocycles. The molecule has 1 aliphatic rings. The van der Waals surface area contributed by atoms with Crippen LogP contribution in [-0.4, -0.2) is 32.5 Å². The van der Waals surface area contributed by atoms with Gasteiger partial charge in [0.25, 0.3) is 0 Å². The average Bonchev–Trinajstić information content (AvgIpc) is 2.37. The highest BCUT2D eigenvalue weighted by molar-refractivity contribution is 5.78. The van der Waals surface area contributed by atoms with Gasteiger partial charge in [0, 0.05) is 13.5 Å². The van der Waals surface area contributed by atoms with E-state index in [0.29, 0.717) is 19.8 Å². The molecule has 1 fully saturated rings. The van der Waals surface area contributed by atoms with Gasteiger partial charge in [0.15, 0.2) is 0 Å². The molecule has 0 spiro atoms. The van der Waals surface area contributed by atoms with Crippen LogP contribution in [0.5, 0.6) is 0 Å². The van der Waals surface area contributed by atoms with E-state index in [1.165, 1.54) is 0 Å². The molecule has 1 atom stereocenters. The maximum Gasteiger partial charge on any atom is 0.220 e. The zero-order chi connectivity index (χ0) is 8.10. The summed E-state index contributed by atoms with van der Waals surface area (Å²) in [5, 5.41) is 2.79. The van der Waals surface area contributed by atoms with Crippen LogP contribution in [0, 0.1) is 0 Å². The molecule has 0 aromatic heterocycles. The van der Waals surface area contributed by atoms with Crippen LogP contribution in [0.15, 0.2) is 0 Å². The maximum atomic E-state index is 10.7. The molecule has 0 radical (unpaired) electrons. The molecular weight excluding hydrogens is 146 g/mol. The third-order valence-electron chi connectivity index (χ3n) is 1.61. The normalized spacial score (nSPS) is 23.7. The quantitative estimate of drug-likeness (QED) is 0.459. The standard InChI is InChI=1S/C7H13NO3/c1-10-5-11-4-6-2-3-7(9)8-6/h6H,2-5H2,1H3,(H,8,9)/t6-/m0/s1. The molecule has 0 unspecified atom stereocenters. The number of ether oxygens (including phenoxy) is 2. The Balaban J connectivity index is 2.04. The Morgan fingerprint density at radius 3 is 3.09 bits per heavy atom. The molecule has 0 saturated carbocycles. The fourth-order valence-electron chi connectivity index (χ4n) is 1.08. The molecule has 0 aromatic rings. The summed E-state index contributed by atoms with van der Waals surface area (Å²) in [6, 6.07) is 0.192. The van der Waals surface area contributed by atoms with Gasteiger partial charge in [-0.15, -0.1) is 0 Å². The second-order valence-corrected chi connectivity index (χ2v) is 2.58. The molecule has 0 aliphatic carbocycles. The Morgan fingerprint density at radius 2 is 2.55 bits per heavy atom. The number of nitrogens with one attached hydrogen (secondary N) is 1. The monoisotopic (exact) mass is 159 g/mol. The first-order chi connectivity index (χ1) is 5.33. The van der Waals surface area contributed by atoms with Gasteiger partial charge >= 0.3 is 0 Å². The number of hydrogen-bond donors (Lipinski definition) is 1. The third-order valence-corrected chi connectivity index (χ3v) is 1.61. The molecule has 0 aromatic carbocycles. The predicted molar refractivity (Wildman–Crippen MR) is 39.0 cm³/mol. The lowest BCUT2D eigenvalue weighted by molar-refractivity contribution is -0.119. The first kappa shape index (κ1) is 8.49. The number of carbonyl (C=O) groups is 1. The molecule has 1 amide bonds. The van der Waals surface area contributed by atoms with Crippen molar-refractivity contribution in [1.29, 1.82) is 0 Å². The molecular formula is C7H13NO3. The van der Waals surface area contributed by atoms with E-state index in [9.17, 15) is 4.79 Å². The molecule has 1 N–H and O–H groups in total. The second-order valence-electron chi connectivity index (χ2n) is 2.58. The maximum absolute atomic E-state index is 10.7. The molecule has 64 valence electrons. The molecule has 0 bridgehead atoms. The number of hydrogen-bond acceptors (Lipinski definition) is 3. The summed E-state index contributed by atoms with van der Waals surface area (Å²) >= 11 is 0. The zero-order valence-corrected chi connectivity index (χ0v) is 6.63. The average molecular weight is 159 g/mol. The number of rotatable bonds is 4. The van der Waals surface area contributed by atoms with Crippen LogP contribution < -0.4 is 5.32 Å². The summed E-state index contributed by atoms with van der Waals surface area (Å²) in [6.07, 6.45) is 1.50. The van der Waals surface area contributed by atoms with Crippen molar-refractivity contribution in [2.75, 3.05) is 20.5 Å². The van der Waals surface area contributed by atoms with Gasteiger partial charge in [-0.25, -0.2) is 0 Å². The van der Waals surface area contributed by atoms with Crippen LogP contribution in [0.2, 0.25) is 0 Å². The molecule has 1 rings (SSSR count). The van der Waals surface area contributed by atoms with Gasteiger partial charge in [-0.05, 0) is 6.42 Å². The van der Waals surface area contributed by atoms with Crippen molar-refractivity contribution < 1.29 is 14.3 Å². The minimum absolute atomic E-state index is 0.121. The van der Waals surface area contributed by atoms with Gasteiger partial charge in [-0.1, -0.05) is 0 Å². The van der Waals surface area contributed by atoms with Crippen LogP contribution in [0.1, 0.15) is 12.8 Å². The topological polar surface area (TPSA) is 47.6 Å². The van der Waals surface area contributed by atoms with Gasteiger partial charge in [-0.3, -0.25) is 4.79 Å². The van der Waals surface area contributed by atoms with Crippen LogP contribution in [0.25, 0.3) is 0 Å². The molecule has 4 nitrogen and oxygen atoms in total. The fraction of sp³-hybridized carbons (Fsp3) is 0.857. The van der Waals surface area contributed by atoms with E-state index in [-0.39, 0.29) is 11.9 Å². The lowest BCUT2D eigenvalue weighted by Crippen LogP contribution is -2.29. The van der Waals surface area contributed by atoms with Gasteiger partial charge in [0.1, 0.15) is 6.79 Å². The Morgan fingerprint density at radius 1 is 1.73 bits per heavy atom. The Labute approximate surface area is 65.9 Å². The van der Waals surface area contributed by atoms with E-state index in [1.807, 2.05) is 0 Å². The number of methoxy groups -OCH3 is 1. The summed E-state index contributed by atoms with van der Waals surface area (Å²) in [6.45, 7) is 0.853. The summed E-state index contributed by atoms with van der Waals surface area (Å²) in [5.41, 5.74) is 0. The largest absolute Gasteiger partial charge is 0.359 e. The van der Waals surface area contributed by atoms with Crippen molar-refractivity contribution >= 4 is 5.91 Å². The SMILES string of the molecule is COCOC[C@@H]1CCC(=O)N1. The van der Waals surface area contributed by atoms with Crippen LogP contribution in [0.3, 0.4) is 0 Å². The number of amides is 1. The molecule has 4 heteroatoms. The Bertz CT molecular complexity index is 138. The smallest absolute Gasteiger partial charge is 0.220 e.